The van der Waals surface area contributed by atoms with E-state index in [-0.39, 0.29) is 24.6 Å². The van der Waals surface area contributed by atoms with Crippen LogP contribution in [0.1, 0.15) is 34.7 Å². The Morgan fingerprint density at radius 2 is 1.70 bits per heavy atom. The fourth-order valence-corrected chi connectivity index (χ4v) is 6.17. The quantitative estimate of drug-likeness (QED) is 0.180. The number of carbonyl (C=O) groups excluding carboxylic acids is 1. The number of anilines is 2. The van der Waals surface area contributed by atoms with E-state index in [2.05, 4.69) is 45.0 Å². The van der Waals surface area contributed by atoms with E-state index in [1.165, 1.54) is 0 Å². The number of hydrogen-bond acceptors (Lipinski definition) is 4. The summed E-state index contributed by atoms with van der Waals surface area (Å²) in [5.41, 5.74) is 6.61. The average Bonchev–Trinajstić information content (AvgIpc) is 3.52. The Balaban J connectivity index is 1.31. The topological polar surface area (TPSA) is 71.4 Å². The van der Waals surface area contributed by atoms with Crippen molar-refractivity contribution < 1.29 is 9.53 Å². The fraction of sp³-hybridized carbons (Fsp3) is 0.147. The van der Waals surface area contributed by atoms with Gasteiger partial charge in [0.25, 0.3) is 5.91 Å². The molecule has 9 heteroatoms. The van der Waals surface area contributed by atoms with E-state index in [0.717, 1.165) is 34.0 Å². The molecule has 2 atom stereocenters. The van der Waals surface area contributed by atoms with Crippen molar-refractivity contribution in [3.8, 4) is 11.4 Å². The molecule has 5 aromatic rings. The number of nitrogens with zero attached hydrogens (tertiary/aromatic N) is 3. The van der Waals surface area contributed by atoms with Gasteiger partial charge in [-0.1, -0.05) is 48.0 Å². The second-order valence-corrected chi connectivity index (χ2v) is 11.1. The van der Waals surface area contributed by atoms with Gasteiger partial charge in [0.1, 0.15) is 5.75 Å². The number of rotatable bonds is 8. The molecular formula is C34H30ClN5O2S. The summed E-state index contributed by atoms with van der Waals surface area (Å²) in [6.45, 7) is 4.11. The molecule has 0 aliphatic carbocycles. The van der Waals surface area contributed by atoms with E-state index < -0.39 is 0 Å². The maximum atomic E-state index is 12.5. The number of nitrogens with one attached hydrogen (secondary N) is 2. The first-order valence-corrected chi connectivity index (χ1v) is 14.7. The molecule has 3 aromatic carbocycles. The number of amides is 1. The number of para-hydroxylation sites is 2. The minimum atomic E-state index is -0.241. The highest BCUT2D eigenvalue weighted by atomic mass is 35.5. The molecule has 3 heterocycles. The van der Waals surface area contributed by atoms with Crippen LogP contribution in [0.2, 0.25) is 5.02 Å². The van der Waals surface area contributed by atoms with Crippen molar-refractivity contribution in [1.82, 2.24) is 14.9 Å². The molecule has 0 radical (unpaired) electrons. The molecule has 1 aliphatic rings. The molecular weight excluding hydrogens is 578 g/mol. The summed E-state index contributed by atoms with van der Waals surface area (Å²) in [4.78, 5) is 19.3. The Bertz CT molecular complexity index is 1760. The van der Waals surface area contributed by atoms with Crippen LogP contribution >= 0.6 is 23.8 Å². The number of aryl methyl sites for hydroxylation is 1. The molecule has 43 heavy (non-hydrogen) atoms. The van der Waals surface area contributed by atoms with Crippen molar-refractivity contribution in [3.63, 3.8) is 0 Å². The predicted molar refractivity (Wildman–Crippen MR) is 175 cm³/mol. The van der Waals surface area contributed by atoms with E-state index in [9.17, 15) is 4.79 Å². The lowest BCUT2D eigenvalue weighted by Gasteiger charge is -2.28. The van der Waals surface area contributed by atoms with Crippen molar-refractivity contribution in [2.45, 2.75) is 25.9 Å². The maximum Gasteiger partial charge on any atom is 0.262 e. The number of halogens is 1. The van der Waals surface area contributed by atoms with Gasteiger partial charge in [-0.15, -0.1) is 0 Å². The lowest BCUT2D eigenvalue weighted by Crippen LogP contribution is -2.29. The third-order valence-electron chi connectivity index (χ3n) is 7.52. The summed E-state index contributed by atoms with van der Waals surface area (Å²) in [6, 6.07) is 32.5. The van der Waals surface area contributed by atoms with Gasteiger partial charge in [-0.2, -0.15) is 0 Å². The lowest BCUT2D eigenvalue weighted by atomic mass is 9.96. The zero-order chi connectivity index (χ0) is 29.9. The van der Waals surface area contributed by atoms with Gasteiger partial charge in [-0.25, -0.2) is 0 Å². The van der Waals surface area contributed by atoms with Crippen molar-refractivity contribution in [2.24, 2.45) is 0 Å². The first-order valence-electron chi connectivity index (χ1n) is 13.9. The fourth-order valence-electron chi connectivity index (χ4n) is 5.61. The molecule has 1 fully saturated rings. The van der Waals surface area contributed by atoms with Crippen LogP contribution in [0.5, 0.6) is 5.75 Å². The van der Waals surface area contributed by atoms with Crippen LogP contribution in [0.3, 0.4) is 0 Å². The van der Waals surface area contributed by atoms with Gasteiger partial charge in [0.15, 0.2) is 11.7 Å². The molecule has 2 aromatic heterocycles. The standard InChI is InChI=1S/C34H30ClN5O2S/c1-22-20-27(23(2)39(22)30-14-7-6-12-28(30)35)33-32(29-13-8-9-19-36-29)38-34(43)40(33)25-17-15-24(16-18-25)37-31(41)21-42-26-10-4-3-5-11-26/h3-20,32-33H,21H2,1-2H3,(H,37,41)(H,38,43)/t32-,33-/m0/s1. The summed E-state index contributed by atoms with van der Waals surface area (Å²) < 4.78 is 7.76. The SMILES string of the molecule is Cc1cc([C@H]2[C@H](c3ccccn3)NC(=S)N2c2ccc(NC(=O)COc3ccccc3)cc2)c(C)n1-c1ccccc1Cl. The number of ether oxygens (including phenoxy) is 1. The molecule has 2 N–H and O–H groups in total. The Morgan fingerprint density at radius 3 is 2.42 bits per heavy atom. The van der Waals surface area contributed by atoms with E-state index in [1.807, 2.05) is 97.1 Å². The molecule has 1 amide bonds. The van der Waals surface area contributed by atoms with Gasteiger partial charge in [0.05, 0.1) is 28.5 Å². The lowest BCUT2D eigenvalue weighted by molar-refractivity contribution is -0.118. The molecule has 0 unspecified atom stereocenters. The molecule has 1 aliphatic heterocycles. The van der Waals surface area contributed by atoms with Crippen molar-refractivity contribution >= 4 is 46.2 Å². The third-order valence-corrected chi connectivity index (χ3v) is 8.16. The summed E-state index contributed by atoms with van der Waals surface area (Å²) in [5, 5.41) is 7.71. The number of carbonyl (C=O) groups is 1. The minimum Gasteiger partial charge on any atom is -0.484 e. The van der Waals surface area contributed by atoms with Gasteiger partial charge in [0, 0.05) is 29.0 Å². The minimum absolute atomic E-state index is 0.0826. The average molecular weight is 608 g/mol. The van der Waals surface area contributed by atoms with Gasteiger partial charge < -0.3 is 24.8 Å². The number of aromatic nitrogens is 2. The molecule has 1 saturated heterocycles. The number of pyridine rings is 1. The summed E-state index contributed by atoms with van der Waals surface area (Å²) in [7, 11) is 0. The monoisotopic (exact) mass is 607 g/mol. The second kappa shape index (κ2) is 12.3. The summed E-state index contributed by atoms with van der Waals surface area (Å²) >= 11 is 12.6. The number of thiocarbonyl (C=S) groups is 1. The van der Waals surface area contributed by atoms with Crippen LogP contribution in [0.15, 0.2) is 109 Å². The van der Waals surface area contributed by atoms with Gasteiger partial charge in [0.2, 0.25) is 0 Å². The van der Waals surface area contributed by atoms with Crippen LogP contribution < -0.4 is 20.3 Å². The molecule has 216 valence electrons. The Kier molecular flexibility index (Phi) is 8.13. The van der Waals surface area contributed by atoms with Crippen LogP contribution in [0, 0.1) is 13.8 Å². The molecule has 6 rings (SSSR count). The summed E-state index contributed by atoms with van der Waals surface area (Å²) in [6.07, 6.45) is 1.80. The Hall–Kier alpha value is -4.66. The largest absolute Gasteiger partial charge is 0.484 e. The smallest absolute Gasteiger partial charge is 0.262 e. The highest BCUT2D eigenvalue weighted by molar-refractivity contribution is 7.80. The highest BCUT2D eigenvalue weighted by Crippen LogP contribution is 2.44. The molecule has 0 bridgehead atoms. The van der Waals surface area contributed by atoms with Gasteiger partial charge in [-0.3, -0.25) is 9.78 Å². The number of hydrogen-bond donors (Lipinski definition) is 2. The predicted octanol–water partition coefficient (Wildman–Crippen LogP) is 7.34. The molecule has 0 spiro atoms. The van der Waals surface area contributed by atoms with Crippen molar-refractivity contribution in [2.75, 3.05) is 16.8 Å². The zero-order valence-corrected chi connectivity index (χ0v) is 25.3. The van der Waals surface area contributed by atoms with Gasteiger partial charge in [-0.05, 0) is 98.4 Å². The van der Waals surface area contributed by atoms with E-state index in [0.29, 0.717) is 21.6 Å². The van der Waals surface area contributed by atoms with Crippen molar-refractivity contribution in [3.05, 3.63) is 137 Å². The van der Waals surface area contributed by atoms with E-state index in [1.54, 1.807) is 6.20 Å². The Morgan fingerprint density at radius 1 is 0.977 bits per heavy atom. The maximum absolute atomic E-state index is 12.5. The van der Waals surface area contributed by atoms with Gasteiger partial charge >= 0.3 is 0 Å². The van der Waals surface area contributed by atoms with Crippen LogP contribution in [-0.2, 0) is 4.79 Å². The first-order chi connectivity index (χ1) is 20.9. The van der Waals surface area contributed by atoms with E-state index >= 15 is 0 Å². The normalized spacial score (nSPS) is 16.2. The Labute approximate surface area is 261 Å². The van der Waals surface area contributed by atoms with Crippen LogP contribution in [0.25, 0.3) is 5.69 Å². The van der Waals surface area contributed by atoms with E-state index in [4.69, 9.17) is 28.6 Å². The zero-order valence-electron chi connectivity index (χ0n) is 23.7. The highest BCUT2D eigenvalue weighted by Gasteiger charge is 2.42. The van der Waals surface area contributed by atoms with Crippen LogP contribution in [-0.4, -0.2) is 27.2 Å². The molecule has 0 saturated carbocycles. The number of benzene rings is 3. The second-order valence-electron chi connectivity index (χ2n) is 10.3. The first kappa shape index (κ1) is 28.5. The van der Waals surface area contributed by atoms with Crippen LogP contribution in [0.4, 0.5) is 11.4 Å². The third kappa shape index (κ3) is 5.84. The molecule has 7 nitrogen and oxygen atoms in total. The summed E-state index contributed by atoms with van der Waals surface area (Å²) in [5.74, 6) is 0.403. The van der Waals surface area contributed by atoms with Crippen molar-refractivity contribution in [1.29, 1.82) is 0 Å².